The van der Waals surface area contributed by atoms with E-state index in [1.54, 1.807) is 0 Å². The Labute approximate surface area is 283 Å². The van der Waals surface area contributed by atoms with Crippen LogP contribution in [0, 0.1) is 0 Å². The molecule has 49 heavy (non-hydrogen) atoms. The van der Waals surface area contributed by atoms with E-state index < -0.39 is 8.07 Å². The van der Waals surface area contributed by atoms with Gasteiger partial charge in [-0.25, -0.2) is 9.97 Å². The van der Waals surface area contributed by atoms with E-state index in [0.717, 1.165) is 45.0 Å². The minimum absolute atomic E-state index is 0.906. The number of para-hydroxylation sites is 4. The van der Waals surface area contributed by atoms with Crippen molar-refractivity contribution in [1.29, 1.82) is 0 Å². The number of hydrogen-bond donors (Lipinski definition) is 0. The van der Waals surface area contributed by atoms with Crippen molar-refractivity contribution in [3.63, 3.8) is 0 Å². The van der Waals surface area contributed by atoms with Crippen molar-refractivity contribution in [1.82, 2.24) is 27.9 Å². The Balaban J connectivity index is 1.14. The molecule has 7 heteroatoms. The summed E-state index contributed by atoms with van der Waals surface area (Å²) < 4.78 is 8.65. The van der Waals surface area contributed by atoms with E-state index in [4.69, 9.17) is 9.97 Å². The van der Waals surface area contributed by atoms with Gasteiger partial charge in [-0.2, -0.15) is 0 Å². The second-order valence-corrected chi connectivity index (χ2v) is 16.3. The summed E-state index contributed by atoms with van der Waals surface area (Å²) in [5, 5.41) is 5.32. The van der Waals surface area contributed by atoms with Gasteiger partial charge in [0.25, 0.3) is 0 Å². The van der Waals surface area contributed by atoms with Crippen molar-refractivity contribution in [3.8, 4) is 11.4 Å². The van der Waals surface area contributed by atoms with E-state index in [2.05, 4.69) is 188 Å². The molecule has 6 nitrogen and oxygen atoms in total. The fraction of sp³-hybridized carbons (Fsp3) is 0. The molecule has 0 aliphatic heterocycles. The van der Waals surface area contributed by atoms with Gasteiger partial charge in [0.1, 0.15) is 0 Å². The third-order valence-electron chi connectivity index (χ3n) is 9.89. The topological polar surface area (TPSA) is 44.5 Å². The molecule has 0 N–H and O–H groups in total. The molecule has 0 radical (unpaired) electrons. The van der Waals surface area contributed by atoms with Gasteiger partial charge in [0, 0.05) is 36.2 Å². The van der Waals surface area contributed by atoms with Crippen LogP contribution in [0.2, 0.25) is 0 Å². The molecule has 0 spiro atoms. The zero-order valence-corrected chi connectivity index (χ0v) is 27.5. The van der Waals surface area contributed by atoms with Crippen LogP contribution in [-0.2, 0) is 0 Å². The minimum Gasteiger partial charge on any atom is -0.286 e. The van der Waals surface area contributed by atoms with Crippen LogP contribution in [0.15, 0.2) is 183 Å². The summed E-state index contributed by atoms with van der Waals surface area (Å²) >= 11 is 0. The number of fused-ring (bicyclic) bond motifs is 6. The Kier molecular flexibility index (Phi) is 6.09. The zero-order chi connectivity index (χ0) is 32.4. The molecule has 6 aromatic carbocycles. The van der Waals surface area contributed by atoms with E-state index in [1.807, 2.05) is 12.1 Å². The average Bonchev–Trinajstić information content (AvgIpc) is 3.94. The summed E-state index contributed by atoms with van der Waals surface area (Å²) in [5.41, 5.74) is 6.37. The van der Waals surface area contributed by atoms with Gasteiger partial charge in [0.05, 0.1) is 22.1 Å². The van der Waals surface area contributed by atoms with Gasteiger partial charge in [-0.1, -0.05) is 109 Å². The standard InChI is InChI=1S/C42H30N6Si/c1-3-11-33(12-4-1)49(34-13-5-2-6-14-34,35-23-19-31(20-24-35)45-27-29-47-39-17-9-7-15-37(39)43-41(45)47)36-25-21-32(22-26-36)46-28-30-48-40-18-10-8-16-38(40)44-42(46)48/h1-30H. The highest BCUT2D eigenvalue weighted by atomic mass is 28.3. The third kappa shape index (κ3) is 4.12. The first-order valence-electron chi connectivity index (χ1n) is 16.5. The first-order valence-corrected chi connectivity index (χ1v) is 18.5. The molecule has 4 aromatic heterocycles. The molecule has 0 aliphatic carbocycles. The Morgan fingerprint density at radius 3 is 1.14 bits per heavy atom. The average molecular weight is 647 g/mol. The number of benzene rings is 6. The van der Waals surface area contributed by atoms with Gasteiger partial charge in [0.2, 0.25) is 11.6 Å². The van der Waals surface area contributed by atoms with Crippen molar-refractivity contribution in [2.24, 2.45) is 0 Å². The van der Waals surface area contributed by atoms with Crippen molar-refractivity contribution in [2.75, 3.05) is 0 Å². The summed E-state index contributed by atoms with van der Waals surface area (Å²) in [5.74, 6) is 1.81. The normalized spacial score (nSPS) is 12.1. The SMILES string of the molecule is c1ccc([Si](c2ccccc2)(c2ccc(-n3ccn4c5ccccc5nc34)cc2)c2ccc(-n3ccn4c5ccccc5nc34)cc2)cc1. The molecule has 0 saturated carbocycles. The van der Waals surface area contributed by atoms with Crippen molar-refractivity contribution >= 4 is 62.4 Å². The summed E-state index contributed by atoms with van der Waals surface area (Å²) in [6.45, 7) is 0. The molecule has 10 rings (SSSR count). The van der Waals surface area contributed by atoms with Crippen LogP contribution in [0.4, 0.5) is 0 Å². The highest BCUT2D eigenvalue weighted by Crippen LogP contribution is 2.22. The Bertz CT molecular complexity index is 2560. The molecular weight excluding hydrogens is 617 g/mol. The van der Waals surface area contributed by atoms with Gasteiger partial charge >= 0.3 is 0 Å². The molecule has 0 fully saturated rings. The summed E-state index contributed by atoms with van der Waals surface area (Å²) in [6.07, 6.45) is 8.39. The van der Waals surface area contributed by atoms with Gasteiger partial charge in [-0.3, -0.25) is 17.9 Å². The van der Waals surface area contributed by atoms with Crippen LogP contribution in [-0.4, -0.2) is 36.0 Å². The Morgan fingerprint density at radius 2 is 0.714 bits per heavy atom. The molecule has 232 valence electrons. The fourth-order valence-corrected chi connectivity index (χ4v) is 12.3. The Hall–Kier alpha value is -6.44. The van der Waals surface area contributed by atoms with Crippen LogP contribution in [0.3, 0.4) is 0 Å². The summed E-state index contributed by atoms with van der Waals surface area (Å²) in [6, 6.07) is 57.0. The predicted molar refractivity (Wildman–Crippen MR) is 201 cm³/mol. The number of rotatable bonds is 6. The molecule has 10 aromatic rings. The lowest BCUT2D eigenvalue weighted by atomic mass is 10.3. The molecule has 0 atom stereocenters. The monoisotopic (exact) mass is 646 g/mol. The third-order valence-corrected chi connectivity index (χ3v) is 14.7. The van der Waals surface area contributed by atoms with Gasteiger partial charge < -0.3 is 0 Å². The quantitative estimate of drug-likeness (QED) is 0.159. The lowest BCUT2D eigenvalue weighted by Gasteiger charge is -2.34. The van der Waals surface area contributed by atoms with Crippen LogP contribution >= 0.6 is 0 Å². The lowest BCUT2D eigenvalue weighted by molar-refractivity contribution is 1.08. The van der Waals surface area contributed by atoms with Crippen LogP contribution in [0.25, 0.3) is 45.0 Å². The first-order chi connectivity index (χ1) is 24.3. The number of nitrogens with zero attached hydrogens (tertiary/aromatic N) is 6. The van der Waals surface area contributed by atoms with Gasteiger partial charge in [-0.05, 0) is 69.3 Å². The summed E-state index contributed by atoms with van der Waals surface area (Å²) in [7, 11) is -2.74. The highest BCUT2D eigenvalue weighted by Gasteiger charge is 2.41. The van der Waals surface area contributed by atoms with Gasteiger partial charge in [-0.15, -0.1) is 0 Å². The largest absolute Gasteiger partial charge is 0.286 e. The van der Waals surface area contributed by atoms with Crippen LogP contribution in [0.5, 0.6) is 0 Å². The number of aromatic nitrogens is 6. The highest BCUT2D eigenvalue weighted by molar-refractivity contribution is 7.19. The van der Waals surface area contributed by atoms with Gasteiger partial charge in [0.15, 0.2) is 8.07 Å². The molecule has 0 amide bonds. The van der Waals surface area contributed by atoms with Crippen molar-refractivity contribution in [3.05, 3.63) is 183 Å². The van der Waals surface area contributed by atoms with Crippen LogP contribution in [0.1, 0.15) is 0 Å². The van der Waals surface area contributed by atoms with E-state index in [0.29, 0.717) is 0 Å². The number of imidazole rings is 4. The first kappa shape index (κ1) is 27.6. The van der Waals surface area contributed by atoms with Crippen LogP contribution < -0.4 is 20.7 Å². The second-order valence-electron chi connectivity index (χ2n) is 12.5. The molecular formula is C42H30N6Si. The maximum absolute atomic E-state index is 4.95. The number of hydrogen-bond acceptors (Lipinski definition) is 2. The molecule has 0 bridgehead atoms. The van der Waals surface area contributed by atoms with E-state index >= 15 is 0 Å². The smallest absolute Gasteiger partial charge is 0.219 e. The maximum atomic E-state index is 4.95. The summed E-state index contributed by atoms with van der Waals surface area (Å²) in [4.78, 5) is 9.91. The molecule has 0 saturated heterocycles. The molecule has 0 aliphatic rings. The zero-order valence-electron chi connectivity index (χ0n) is 26.5. The van der Waals surface area contributed by atoms with E-state index in [9.17, 15) is 0 Å². The second kappa shape index (κ2) is 10.8. The predicted octanol–water partition coefficient (Wildman–Crippen LogP) is 6.25. The van der Waals surface area contributed by atoms with Crippen molar-refractivity contribution in [2.45, 2.75) is 0 Å². The molecule has 0 unspecified atom stereocenters. The van der Waals surface area contributed by atoms with E-state index in [-0.39, 0.29) is 0 Å². The molecule has 4 heterocycles. The fourth-order valence-electron chi connectivity index (χ4n) is 7.62. The Morgan fingerprint density at radius 1 is 0.347 bits per heavy atom. The lowest BCUT2D eigenvalue weighted by Crippen LogP contribution is -2.74. The minimum atomic E-state index is -2.74. The maximum Gasteiger partial charge on any atom is 0.219 e. The van der Waals surface area contributed by atoms with Crippen molar-refractivity contribution < 1.29 is 0 Å². The van der Waals surface area contributed by atoms with E-state index in [1.165, 1.54) is 20.7 Å².